The van der Waals surface area contributed by atoms with E-state index in [1.54, 1.807) is 25.2 Å². The number of carbonyl (C=O) groups is 1. The molecule has 1 amide bonds. The Labute approximate surface area is 109 Å². The predicted molar refractivity (Wildman–Crippen MR) is 67.6 cm³/mol. The van der Waals surface area contributed by atoms with E-state index in [4.69, 9.17) is 11.6 Å². The Balaban J connectivity index is 2.16. The molecule has 7 heteroatoms. The number of hydrogen-bond acceptors (Lipinski definition) is 4. The minimum absolute atomic E-state index is 0.277. The van der Waals surface area contributed by atoms with E-state index in [0.717, 1.165) is 12.1 Å². The minimum Gasteiger partial charge on any atom is -0.304 e. The Bertz CT molecular complexity index is 563. The maximum atomic E-state index is 12.0. The Kier molecular flexibility index (Phi) is 3.57. The molecule has 0 aliphatic rings. The Morgan fingerprint density at radius 1 is 1.44 bits per heavy atom. The van der Waals surface area contributed by atoms with Crippen LogP contribution in [0.25, 0.3) is 0 Å². The number of anilines is 1. The van der Waals surface area contributed by atoms with Gasteiger partial charge in [0.05, 0.1) is 5.69 Å². The predicted octanol–water partition coefficient (Wildman–Crippen LogP) is 1.68. The van der Waals surface area contributed by atoms with Crippen LogP contribution in [0.5, 0.6) is 0 Å². The van der Waals surface area contributed by atoms with E-state index in [1.807, 2.05) is 6.92 Å². The van der Waals surface area contributed by atoms with Gasteiger partial charge in [0.2, 0.25) is 0 Å². The SMILES string of the molecule is CCc1cc(C(=O)Nc2ccc(Cl)nn2)n(C)n1. The summed E-state index contributed by atoms with van der Waals surface area (Å²) in [6, 6.07) is 4.90. The fraction of sp³-hybridized carbons (Fsp3) is 0.273. The van der Waals surface area contributed by atoms with Crippen molar-refractivity contribution in [2.45, 2.75) is 13.3 Å². The highest BCUT2D eigenvalue weighted by molar-refractivity contribution is 6.29. The summed E-state index contributed by atoms with van der Waals surface area (Å²) >= 11 is 5.61. The van der Waals surface area contributed by atoms with Gasteiger partial charge in [0, 0.05) is 7.05 Å². The molecule has 0 atom stereocenters. The second-order valence-corrected chi connectivity index (χ2v) is 4.08. The molecular formula is C11H12ClN5O. The number of aromatic nitrogens is 4. The molecule has 2 heterocycles. The van der Waals surface area contributed by atoms with Crippen molar-refractivity contribution in [1.82, 2.24) is 20.0 Å². The van der Waals surface area contributed by atoms with Crippen LogP contribution in [0.15, 0.2) is 18.2 Å². The van der Waals surface area contributed by atoms with Crippen LogP contribution in [-0.4, -0.2) is 25.9 Å². The summed E-state index contributed by atoms with van der Waals surface area (Å²) in [7, 11) is 1.72. The molecule has 0 bridgehead atoms. The summed E-state index contributed by atoms with van der Waals surface area (Å²) in [5.41, 5.74) is 1.34. The van der Waals surface area contributed by atoms with Gasteiger partial charge in [-0.3, -0.25) is 9.48 Å². The van der Waals surface area contributed by atoms with E-state index in [0.29, 0.717) is 11.5 Å². The first-order valence-corrected chi connectivity index (χ1v) is 5.81. The molecule has 0 aliphatic heterocycles. The fourth-order valence-electron chi connectivity index (χ4n) is 1.47. The summed E-state index contributed by atoms with van der Waals surface area (Å²) in [6.07, 6.45) is 0.780. The van der Waals surface area contributed by atoms with Gasteiger partial charge in [-0.2, -0.15) is 5.10 Å². The van der Waals surface area contributed by atoms with Gasteiger partial charge in [-0.15, -0.1) is 10.2 Å². The first-order valence-electron chi connectivity index (χ1n) is 5.43. The average Bonchev–Trinajstić information content (AvgIpc) is 2.73. The summed E-state index contributed by atoms with van der Waals surface area (Å²) in [5.74, 6) is 0.0740. The van der Waals surface area contributed by atoms with Crippen LogP contribution < -0.4 is 5.32 Å². The van der Waals surface area contributed by atoms with Gasteiger partial charge in [-0.05, 0) is 24.6 Å². The maximum Gasteiger partial charge on any atom is 0.275 e. The van der Waals surface area contributed by atoms with Crippen LogP contribution in [-0.2, 0) is 13.5 Å². The van der Waals surface area contributed by atoms with E-state index >= 15 is 0 Å². The molecule has 1 N–H and O–H groups in total. The summed E-state index contributed by atoms with van der Waals surface area (Å²) < 4.78 is 1.54. The maximum absolute atomic E-state index is 12.0. The number of nitrogens with one attached hydrogen (secondary N) is 1. The molecule has 0 aliphatic carbocycles. The smallest absolute Gasteiger partial charge is 0.275 e. The fourth-order valence-corrected chi connectivity index (χ4v) is 1.58. The van der Waals surface area contributed by atoms with E-state index in [1.165, 1.54) is 4.68 Å². The highest BCUT2D eigenvalue weighted by atomic mass is 35.5. The van der Waals surface area contributed by atoms with Crippen molar-refractivity contribution in [2.24, 2.45) is 7.05 Å². The molecule has 0 radical (unpaired) electrons. The van der Waals surface area contributed by atoms with Crippen molar-refractivity contribution in [1.29, 1.82) is 0 Å². The molecule has 94 valence electrons. The van der Waals surface area contributed by atoms with Crippen LogP contribution in [0.4, 0.5) is 5.82 Å². The first kappa shape index (κ1) is 12.5. The zero-order valence-electron chi connectivity index (χ0n) is 10.0. The molecule has 0 saturated carbocycles. The highest BCUT2D eigenvalue weighted by Crippen LogP contribution is 2.09. The molecule has 0 saturated heterocycles. The molecule has 0 spiro atoms. The van der Waals surface area contributed by atoms with E-state index in [9.17, 15) is 4.79 Å². The number of aryl methyl sites for hydroxylation is 2. The number of halogens is 1. The highest BCUT2D eigenvalue weighted by Gasteiger charge is 2.13. The summed E-state index contributed by atoms with van der Waals surface area (Å²) in [4.78, 5) is 12.0. The third-order valence-electron chi connectivity index (χ3n) is 2.40. The molecule has 2 aromatic rings. The monoisotopic (exact) mass is 265 g/mol. The van der Waals surface area contributed by atoms with E-state index < -0.39 is 0 Å². The third-order valence-corrected chi connectivity index (χ3v) is 2.60. The lowest BCUT2D eigenvalue weighted by Gasteiger charge is -2.03. The summed E-state index contributed by atoms with van der Waals surface area (Å²) in [5, 5.41) is 14.5. The first-order chi connectivity index (χ1) is 8.60. The van der Waals surface area contributed by atoms with Crippen LogP contribution >= 0.6 is 11.6 Å². The average molecular weight is 266 g/mol. The quantitative estimate of drug-likeness (QED) is 0.916. The zero-order chi connectivity index (χ0) is 13.1. The lowest BCUT2D eigenvalue weighted by molar-refractivity contribution is 0.101. The molecule has 6 nitrogen and oxygen atoms in total. The number of carbonyl (C=O) groups excluding carboxylic acids is 1. The minimum atomic E-state index is -0.277. The molecule has 0 aromatic carbocycles. The third kappa shape index (κ3) is 2.65. The van der Waals surface area contributed by atoms with E-state index in [-0.39, 0.29) is 11.1 Å². The number of amides is 1. The Morgan fingerprint density at radius 3 is 2.78 bits per heavy atom. The molecule has 18 heavy (non-hydrogen) atoms. The van der Waals surface area contributed by atoms with Crippen molar-refractivity contribution >= 4 is 23.3 Å². The van der Waals surface area contributed by atoms with Crippen molar-refractivity contribution < 1.29 is 4.79 Å². The second kappa shape index (κ2) is 5.14. The number of rotatable bonds is 3. The van der Waals surface area contributed by atoms with Gasteiger partial charge >= 0.3 is 0 Å². The van der Waals surface area contributed by atoms with Gasteiger partial charge in [-0.25, -0.2) is 0 Å². The number of hydrogen-bond donors (Lipinski definition) is 1. The standard InChI is InChI=1S/C11H12ClN5O/c1-3-7-6-8(17(2)16-7)11(18)13-10-5-4-9(12)14-15-10/h4-6H,3H2,1-2H3,(H,13,15,18). The lowest BCUT2D eigenvalue weighted by Crippen LogP contribution is -2.17. The second-order valence-electron chi connectivity index (χ2n) is 3.69. The van der Waals surface area contributed by atoms with Crippen molar-refractivity contribution in [3.63, 3.8) is 0 Å². The topological polar surface area (TPSA) is 72.7 Å². The van der Waals surface area contributed by atoms with Crippen LogP contribution in [0, 0.1) is 0 Å². The zero-order valence-corrected chi connectivity index (χ0v) is 10.8. The van der Waals surface area contributed by atoms with Crippen molar-refractivity contribution in [2.75, 3.05) is 5.32 Å². The van der Waals surface area contributed by atoms with Gasteiger partial charge in [0.1, 0.15) is 5.69 Å². The molecule has 2 rings (SSSR count). The number of nitrogens with zero attached hydrogens (tertiary/aromatic N) is 4. The van der Waals surface area contributed by atoms with Gasteiger partial charge in [-0.1, -0.05) is 18.5 Å². The molecular weight excluding hydrogens is 254 g/mol. The van der Waals surface area contributed by atoms with E-state index in [2.05, 4.69) is 20.6 Å². The Hall–Kier alpha value is -1.95. The normalized spacial score (nSPS) is 10.4. The van der Waals surface area contributed by atoms with Crippen LogP contribution in [0.1, 0.15) is 23.1 Å². The van der Waals surface area contributed by atoms with Crippen molar-refractivity contribution in [3.8, 4) is 0 Å². The van der Waals surface area contributed by atoms with Crippen LogP contribution in [0.2, 0.25) is 5.15 Å². The lowest BCUT2D eigenvalue weighted by atomic mass is 10.3. The molecule has 0 unspecified atom stereocenters. The van der Waals surface area contributed by atoms with Gasteiger partial charge in [0.15, 0.2) is 11.0 Å². The van der Waals surface area contributed by atoms with Gasteiger partial charge in [0.25, 0.3) is 5.91 Å². The summed E-state index contributed by atoms with van der Waals surface area (Å²) in [6.45, 7) is 1.98. The van der Waals surface area contributed by atoms with Crippen molar-refractivity contribution in [3.05, 3.63) is 34.7 Å². The largest absolute Gasteiger partial charge is 0.304 e. The van der Waals surface area contributed by atoms with Gasteiger partial charge < -0.3 is 5.32 Å². The Morgan fingerprint density at radius 2 is 2.22 bits per heavy atom. The molecule has 2 aromatic heterocycles. The molecule has 0 fully saturated rings. The van der Waals surface area contributed by atoms with Crippen LogP contribution in [0.3, 0.4) is 0 Å².